The zero-order valence-electron chi connectivity index (χ0n) is 28.4. The second kappa shape index (κ2) is 11.6. The van der Waals surface area contributed by atoms with Gasteiger partial charge in [0.25, 0.3) is 0 Å². The summed E-state index contributed by atoms with van der Waals surface area (Å²) in [4.78, 5) is 15.3. The van der Waals surface area contributed by atoms with Crippen LogP contribution in [-0.2, 0) is 0 Å². The summed E-state index contributed by atoms with van der Waals surface area (Å²) >= 11 is 0. The number of imidazole rings is 2. The summed E-state index contributed by atoms with van der Waals surface area (Å²) < 4.78 is 11.1. The number of rotatable bonds is 5. The SMILES string of the molecule is c1ccc(-c2cn3c4ncccc4c4ccc(Oc5ccc6c7ccccc7n7c(-c8ccccc8)c(-c8ccccc8)nc7c6c5)cc4c3n2)cc1. The van der Waals surface area contributed by atoms with Crippen molar-refractivity contribution in [2.24, 2.45) is 0 Å². The van der Waals surface area contributed by atoms with Crippen LogP contribution in [0.25, 0.3) is 88.5 Å². The van der Waals surface area contributed by atoms with Gasteiger partial charge in [0.05, 0.1) is 22.6 Å². The molecule has 0 aliphatic carbocycles. The molecule has 53 heavy (non-hydrogen) atoms. The van der Waals surface area contributed by atoms with Crippen molar-refractivity contribution >= 4 is 54.8 Å². The highest BCUT2D eigenvalue weighted by atomic mass is 16.5. The molecule has 0 saturated heterocycles. The molecule has 6 heteroatoms. The normalized spacial score (nSPS) is 11.8. The Morgan fingerprint density at radius 3 is 1.77 bits per heavy atom. The zero-order chi connectivity index (χ0) is 34.9. The second-order valence-electron chi connectivity index (χ2n) is 13.3. The van der Waals surface area contributed by atoms with Crippen LogP contribution in [0.15, 0.2) is 176 Å². The summed E-state index contributed by atoms with van der Waals surface area (Å²) in [5, 5.41) is 6.41. The molecule has 0 atom stereocenters. The maximum Gasteiger partial charge on any atom is 0.147 e. The molecule has 248 valence electrons. The van der Waals surface area contributed by atoms with Gasteiger partial charge in [-0.05, 0) is 65.4 Å². The highest BCUT2D eigenvalue weighted by molar-refractivity contribution is 6.14. The second-order valence-corrected chi connectivity index (χ2v) is 13.3. The molecule has 0 bridgehead atoms. The van der Waals surface area contributed by atoms with Gasteiger partial charge in [-0.1, -0.05) is 109 Å². The van der Waals surface area contributed by atoms with E-state index in [1.807, 2.05) is 42.6 Å². The minimum atomic E-state index is 0.723. The average molecular weight is 680 g/mol. The minimum absolute atomic E-state index is 0.723. The molecule has 0 saturated carbocycles. The third kappa shape index (κ3) is 4.63. The summed E-state index contributed by atoms with van der Waals surface area (Å²) in [6.45, 7) is 0. The molecule has 0 radical (unpaired) electrons. The van der Waals surface area contributed by atoms with Gasteiger partial charge in [0.15, 0.2) is 0 Å². The van der Waals surface area contributed by atoms with Crippen LogP contribution in [0, 0.1) is 0 Å². The van der Waals surface area contributed by atoms with Crippen molar-refractivity contribution in [2.45, 2.75) is 0 Å². The molecule has 0 unspecified atom stereocenters. The molecule has 0 aliphatic heterocycles. The Morgan fingerprint density at radius 1 is 0.434 bits per heavy atom. The van der Waals surface area contributed by atoms with Crippen molar-refractivity contribution in [2.75, 3.05) is 0 Å². The highest BCUT2D eigenvalue weighted by Gasteiger charge is 2.21. The van der Waals surface area contributed by atoms with Crippen molar-refractivity contribution in [1.29, 1.82) is 0 Å². The average Bonchev–Trinajstić information content (AvgIpc) is 3.87. The molecule has 5 aromatic heterocycles. The number of hydrogen-bond acceptors (Lipinski definition) is 4. The lowest BCUT2D eigenvalue weighted by Crippen LogP contribution is -1.95. The first kappa shape index (κ1) is 29.4. The predicted octanol–water partition coefficient (Wildman–Crippen LogP) is 11.8. The van der Waals surface area contributed by atoms with Gasteiger partial charge in [-0.25, -0.2) is 15.0 Å². The Hall–Kier alpha value is -7.31. The van der Waals surface area contributed by atoms with Crippen LogP contribution in [0.5, 0.6) is 11.5 Å². The third-order valence-electron chi connectivity index (χ3n) is 10.2. The first-order chi connectivity index (χ1) is 26.3. The van der Waals surface area contributed by atoms with Gasteiger partial charge in [-0.3, -0.25) is 8.80 Å². The minimum Gasteiger partial charge on any atom is -0.457 e. The van der Waals surface area contributed by atoms with E-state index in [0.717, 1.165) is 100 Å². The van der Waals surface area contributed by atoms with Crippen LogP contribution in [0.3, 0.4) is 0 Å². The fourth-order valence-electron chi connectivity index (χ4n) is 7.82. The monoisotopic (exact) mass is 679 g/mol. The topological polar surface area (TPSA) is 56.7 Å². The number of ether oxygens (including phenoxy) is 1. The van der Waals surface area contributed by atoms with E-state index in [-0.39, 0.29) is 0 Å². The Kier molecular flexibility index (Phi) is 6.45. The van der Waals surface area contributed by atoms with Crippen molar-refractivity contribution < 1.29 is 4.74 Å². The van der Waals surface area contributed by atoms with Crippen molar-refractivity contribution in [3.05, 3.63) is 176 Å². The predicted molar refractivity (Wildman–Crippen MR) is 215 cm³/mol. The molecular weight excluding hydrogens is 651 g/mol. The fourth-order valence-corrected chi connectivity index (χ4v) is 7.82. The summed E-state index contributed by atoms with van der Waals surface area (Å²) in [5.41, 5.74) is 9.82. The van der Waals surface area contributed by atoms with Gasteiger partial charge < -0.3 is 4.74 Å². The molecule has 6 nitrogen and oxygen atoms in total. The first-order valence-electron chi connectivity index (χ1n) is 17.7. The number of hydrogen-bond donors (Lipinski definition) is 0. The molecule has 11 rings (SSSR count). The van der Waals surface area contributed by atoms with Crippen LogP contribution in [0.4, 0.5) is 0 Å². The van der Waals surface area contributed by atoms with Gasteiger partial charge in [0, 0.05) is 50.6 Å². The zero-order valence-corrected chi connectivity index (χ0v) is 28.4. The third-order valence-corrected chi connectivity index (χ3v) is 10.2. The van der Waals surface area contributed by atoms with E-state index in [1.165, 1.54) is 0 Å². The van der Waals surface area contributed by atoms with E-state index in [2.05, 4.69) is 142 Å². The van der Waals surface area contributed by atoms with E-state index in [4.69, 9.17) is 19.7 Å². The summed E-state index contributed by atoms with van der Waals surface area (Å²) in [6.07, 6.45) is 3.91. The Balaban J connectivity index is 1.12. The molecule has 5 heterocycles. The maximum absolute atomic E-state index is 6.72. The molecule has 0 fully saturated rings. The van der Waals surface area contributed by atoms with Crippen LogP contribution in [0.1, 0.15) is 0 Å². The van der Waals surface area contributed by atoms with Gasteiger partial charge in [0.2, 0.25) is 0 Å². The number of para-hydroxylation sites is 1. The van der Waals surface area contributed by atoms with E-state index in [0.29, 0.717) is 0 Å². The lowest BCUT2D eigenvalue weighted by molar-refractivity contribution is 0.484. The van der Waals surface area contributed by atoms with Gasteiger partial charge in [-0.2, -0.15) is 0 Å². The highest BCUT2D eigenvalue weighted by Crippen LogP contribution is 2.41. The van der Waals surface area contributed by atoms with Gasteiger partial charge >= 0.3 is 0 Å². The van der Waals surface area contributed by atoms with Crippen LogP contribution < -0.4 is 4.74 Å². The lowest BCUT2D eigenvalue weighted by Gasteiger charge is -2.13. The quantitative estimate of drug-likeness (QED) is 0.170. The Morgan fingerprint density at radius 2 is 1.04 bits per heavy atom. The number of pyridine rings is 3. The van der Waals surface area contributed by atoms with Crippen LogP contribution in [-0.4, -0.2) is 23.8 Å². The van der Waals surface area contributed by atoms with Crippen molar-refractivity contribution in [3.8, 4) is 45.3 Å². The molecular formula is C47H29N5O. The summed E-state index contributed by atoms with van der Waals surface area (Å²) in [6, 6.07) is 56.5. The number of benzene rings is 6. The van der Waals surface area contributed by atoms with Crippen molar-refractivity contribution in [3.63, 3.8) is 0 Å². The lowest BCUT2D eigenvalue weighted by atomic mass is 10.0. The molecule has 0 amide bonds. The molecule has 0 spiro atoms. The Labute approximate surface area is 303 Å². The number of fused-ring (bicyclic) bond motifs is 12. The van der Waals surface area contributed by atoms with Crippen molar-refractivity contribution in [1.82, 2.24) is 23.8 Å². The first-order valence-corrected chi connectivity index (χ1v) is 17.7. The Bertz CT molecular complexity index is 3190. The van der Waals surface area contributed by atoms with Gasteiger partial charge in [0.1, 0.15) is 28.4 Å². The molecule has 6 aromatic carbocycles. The number of aromatic nitrogens is 5. The van der Waals surface area contributed by atoms with E-state index < -0.39 is 0 Å². The van der Waals surface area contributed by atoms with Crippen LogP contribution in [0.2, 0.25) is 0 Å². The molecule has 0 N–H and O–H groups in total. The fraction of sp³-hybridized carbons (Fsp3) is 0. The van der Waals surface area contributed by atoms with Gasteiger partial charge in [-0.15, -0.1) is 0 Å². The molecule has 0 aliphatic rings. The van der Waals surface area contributed by atoms with E-state index in [9.17, 15) is 0 Å². The summed E-state index contributed by atoms with van der Waals surface area (Å²) in [7, 11) is 0. The van der Waals surface area contributed by atoms with Crippen LogP contribution >= 0.6 is 0 Å². The van der Waals surface area contributed by atoms with E-state index >= 15 is 0 Å². The largest absolute Gasteiger partial charge is 0.457 e. The maximum atomic E-state index is 6.72. The summed E-state index contributed by atoms with van der Waals surface area (Å²) in [5.74, 6) is 1.45. The standard InChI is InChI=1S/C47H29N5O/c1-4-13-30(14-5-1)41-29-51-45-38(20-12-26-48-45)36-25-23-33(27-39(36)46(51)49-41)53-34-22-24-35-37-19-10-11-21-42(37)52-44(32-17-8-3-9-18-32)43(31-15-6-2-7-16-31)50-47(52)40(35)28-34/h1-29H. The smallest absolute Gasteiger partial charge is 0.147 e. The number of nitrogens with zero attached hydrogens (tertiary/aromatic N) is 5. The van der Waals surface area contributed by atoms with E-state index in [1.54, 1.807) is 0 Å². The molecule has 11 aromatic rings.